The van der Waals surface area contributed by atoms with E-state index in [4.69, 9.17) is 0 Å². The summed E-state index contributed by atoms with van der Waals surface area (Å²) in [7, 11) is 3.78. The Morgan fingerprint density at radius 1 is 1.24 bits per heavy atom. The molecule has 0 unspecified atom stereocenters. The quantitative estimate of drug-likeness (QED) is 0.738. The molecule has 1 atom stereocenters. The lowest BCUT2D eigenvalue weighted by molar-refractivity contribution is -0.0117. The van der Waals surface area contributed by atoms with Crippen LogP contribution in [0.5, 0.6) is 0 Å². The number of urea groups is 1. The molecule has 4 rings (SSSR count). The first-order valence-corrected chi connectivity index (χ1v) is 9.52. The van der Waals surface area contributed by atoms with Gasteiger partial charge in [0.15, 0.2) is 0 Å². The lowest BCUT2D eigenvalue weighted by atomic mass is 9.72. The van der Waals surface area contributed by atoms with Crippen LogP contribution in [0.1, 0.15) is 25.5 Å². The highest BCUT2D eigenvalue weighted by molar-refractivity contribution is 5.90. The molecule has 8 nitrogen and oxygen atoms in total. The first-order valence-electron chi connectivity index (χ1n) is 9.52. The number of pyridine rings is 1. The Bertz CT molecular complexity index is 1010. The molecule has 0 aliphatic carbocycles. The Morgan fingerprint density at radius 3 is 2.72 bits per heavy atom. The Kier molecular flexibility index (Phi) is 4.70. The molecule has 8 heteroatoms. The fraction of sp³-hybridized carbons (Fsp3) is 0.333. The third-order valence-corrected chi connectivity index (χ3v) is 5.13. The second-order valence-corrected chi connectivity index (χ2v) is 8.17. The molecule has 1 N–H and O–H groups in total. The molecule has 2 aromatic heterocycles. The van der Waals surface area contributed by atoms with Gasteiger partial charge in [-0.05, 0) is 29.8 Å². The second-order valence-electron chi connectivity index (χ2n) is 8.17. The molecule has 1 aliphatic heterocycles. The van der Waals surface area contributed by atoms with Crippen LogP contribution in [0, 0.1) is 5.41 Å². The first kappa shape index (κ1) is 18.9. The van der Waals surface area contributed by atoms with Gasteiger partial charge in [0.05, 0.1) is 11.7 Å². The zero-order valence-electron chi connectivity index (χ0n) is 17.1. The highest BCUT2D eigenvalue weighted by Crippen LogP contribution is 2.48. The fourth-order valence-corrected chi connectivity index (χ4v) is 3.79. The molecule has 3 heterocycles. The number of carbonyl (C=O) groups is 1. The number of hydrogen-bond donors (Lipinski definition) is 1. The van der Waals surface area contributed by atoms with Crippen LogP contribution >= 0.6 is 0 Å². The van der Waals surface area contributed by atoms with Crippen molar-refractivity contribution >= 4 is 17.7 Å². The summed E-state index contributed by atoms with van der Waals surface area (Å²) in [4.78, 5) is 25.1. The molecule has 0 radical (unpaired) electrons. The molecule has 150 valence electrons. The van der Waals surface area contributed by atoms with Crippen LogP contribution < -0.4 is 10.2 Å². The fourth-order valence-electron chi connectivity index (χ4n) is 3.79. The van der Waals surface area contributed by atoms with E-state index >= 15 is 0 Å². The van der Waals surface area contributed by atoms with Crippen molar-refractivity contribution in [3.63, 3.8) is 0 Å². The molecule has 1 fully saturated rings. The molecule has 1 aliphatic rings. The Morgan fingerprint density at radius 2 is 2.07 bits per heavy atom. The number of benzene rings is 1. The van der Waals surface area contributed by atoms with Crippen LogP contribution in [-0.2, 0) is 0 Å². The topological polar surface area (TPSA) is 79.2 Å². The van der Waals surface area contributed by atoms with Gasteiger partial charge in [0, 0.05) is 44.1 Å². The lowest BCUT2D eigenvalue weighted by Crippen LogP contribution is -2.59. The van der Waals surface area contributed by atoms with E-state index in [1.165, 1.54) is 0 Å². The molecular formula is C21H25N7O. The first-order chi connectivity index (χ1) is 13.8. The summed E-state index contributed by atoms with van der Waals surface area (Å²) in [5.41, 5.74) is 2.60. The van der Waals surface area contributed by atoms with Gasteiger partial charge in [0.25, 0.3) is 0 Å². The minimum atomic E-state index is -0.122. The minimum Gasteiger partial charge on any atom is -0.346 e. The molecule has 3 aromatic rings. The highest BCUT2D eigenvalue weighted by atomic mass is 16.2. The maximum Gasteiger partial charge on any atom is 0.322 e. The average Bonchev–Trinajstić information content (AvgIpc) is 3.18. The summed E-state index contributed by atoms with van der Waals surface area (Å²) in [6.07, 6.45) is 5.24. The summed E-state index contributed by atoms with van der Waals surface area (Å²) < 4.78 is 1.69. The van der Waals surface area contributed by atoms with Crippen LogP contribution in [0.15, 0.2) is 55.1 Å². The number of nitrogens with zero attached hydrogens (tertiary/aromatic N) is 6. The van der Waals surface area contributed by atoms with Crippen molar-refractivity contribution in [1.82, 2.24) is 24.6 Å². The maximum atomic E-state index is 13.0. The van der Waals surface area contributed by atoms with Crippen molar-refractivity contribution in [2.24, 2.45) is 5.41 Å². The number of hydrogen-bond acceptors (Lipinski definition) is 5. The number of aromatic nitrogens is 4. The van der Waals surface area contributed by atoms with Gasteiger partial charge in [0.2, 0.25) is 5.95 Å². The predicted octanol–water partition coefficient (Wildman–Crippen LogP) is 3.34. The molecular weight excluding hydrogens is 366 g/mol. The van der Waals surface area contributed by atoms with E-state index in [0.717, 1.165) is 11.3 Å². The normalized spacial score (nSPS) is 17.5. The third-order valence-electron chi connectivity index (χ3n) is 5.13. The van der Waals surface area contributed by atoms with Crippen molar-refractivity contribution in [3.8, 4) is 5.69 Å². The molecule has 0 spiro atoms. The van der Waals surface area contributed by atoms with Gasteiger partial charge in [-0.15, -0.1) is 5.10 Å². The molecule has 0 bridgehead atoms. The van der Waals surface area contributed by atoms with E-state index in [2.05, 4.69) is 34.2 Å². The summed E-state index contributed by atoms with van der Waals surface area (Å²) in [6.45, 7) is 5.03. The Hall–Kier alpha value is -3.42. The van der Waals surface area contributed by atoms with Crippen LogP contribution in [0.25, 0.3) is 5.69 Å². The van der Waals surface area contributed by atoms with Crippen molar-refractivity contribution < 1.29 is 4.79 Å². The number of anilines is 2. The van der Waals surface area contributed by atoms with Gasteiger partial charge < -0.3 is 15.1 Å². The van der Waals surface area contributed by atoms with E-state index < -0.39 is 0 Å². The van der Waals surface area contributed by atoms with Crippen LogP contribution in [-0.4, -0.2) is 51.3 Å². The van der Waals surface area contributed by atoms with Gasteiger partial charge in [-0.1, -0.05) is 26.0 Å². The van der Waals surface area contributed by atoms with E-state index in [1.54, 1.807) is 17.2 Å². The number of rotatable bonds is 4. The average molecular weight is 391 g/mol. The third kappa shape index (κ3) is 3.65. The van der Waals surface area contributed by atoms with E-state index in [0.29, 0.717) is 18.2 Å². The van der Waals surface area contributed by atoms with Gasteiger partial charge in [0.1, 0.15) is 6.33 Å². The second kappa shape index (κ2) is 7.20. The van der Waals surface area contributed by atoms with E-state index in [-0.39, 0.29) is 17.5 Å². The highest BCUT2D eigenvalue weighted by Gasteiger charge is 2.49. The van der Waals surface area contributed by atoms with Crippen LogP contribution in [0.3, 0.4) is 0 Å². The van der Waals surface area contributed by atoms with Crippen molar-refractivity contribution in [2.45, 2.75) is 19.9 Å². The van der Waals surface area contributed by atoms with Crippen LogP contribution in [0.2, 0.25) is 0 Å². The number of nitrogens with one attached hydrogen (secondary N) is 1. The van der Waals surface area contributed by atoms with E-state index in [9.17, 15) is 4.79 Å². The summed E-state index contributed by atoms with van der Waals surface area (Å²) >= 11 is 0. The lowest BCUT2D eigenvalue weighted by Gasteiger charge is -2.54. The molecule has 0 saturated carbocycles. The van der Waals surface area contributed by atoms with Crippen molar-refractivity contribution in [1.29, 1.82) is 0 Å². The zero-order valence-corrected chi connectivity index (χ0v) is 17.1. The summed E-state index contributed by atoms with van der Waals surface area (Å²) in [5.74, 6) is 0.626. The number of carbonyl (C=O) groups excluding carboxylic acids is 1. The van der Waals surface area contributed by atoms with Crippen molar-refractivity contribution in [3.05, 3.63) is 60.7 Å². The molecule has 1 saturated heterocycles. The Labute approximate surface area is 170 Å². The summed E-state index contributed by atoms with van der Waals surface area (Å²) in [5, 5.41) is 7.45. The van der Waals surface area contributed by atoms with Gasteiger partial charge in [-0.25, -0.2) is 9.48 Å². The van der Waals surface area contributed by atoms with Gasteiger partial charge in [-0.3, -0.25) is 4.98 Å². The van der Waals surface area contributed by atoms with Gasteiger partial charge >= 0.3 is 6.03 Å². The molecule has 2 amide bonds. The molecule has 29 heavy (non-hydrogen) atoms. The monoisotopic (exact) mass is 391 g/mol. The van der Waals surface area contributed by atoms with Crippen molar-refractivity contribution in [2.75, 3.05) is 30.9 Å². The van der Waals surface area contributed by atoms with Crippen LogP contribution in [0.4, 0.5) is 16.4 Å². The predicted molar refractivity (Wildman–Crippen MR) is 112 cm³/mol. The standard InChI is InChI=1S/C21H25N7O/c1-21(2)13-27(18(21)15-7-6-10-22-12-15)20(29)24-16-8-5-9-17(11-16)28-14-23-19(25-28)26(3)4/h5-12,14,18H,13H2,1-4H3,(H,24,29)/t18-/m0/s1. The number of likely N-dealkylation sites (tertiary alicyclic amines) is 1. The Balaban J connectivity index is 1.51. The zero-order chi connectivity index (χ0) is 20.6. The van der Waals surface area contributed by atoms with E-state index in [1.807, 2.05) is 66.5 Å². The summed E-state index contributed by atoms with van der Waals surface area (Å²) in [6, 6.07) is 11.4. The van der Waals surface area contributed by atoms with Gasteiger partial charge in [-0.2, -0.15) is 4.98 Å². The SMILES string of the molecule is CN(C)c1ncn(-c2cccc(NC(=O)N3CC(C)(C)[C@@H]3c3cccnc3)c2)n1. The smallest absolute Gasteiger partial charge is 0.322 e. The number of amides is 2. The minimum absolute atomic E-state index is 0.00246. The maximum absolute atomic E-state index is 13.0. The molecule has 1 aromatic carbocycles. The largest absolute Gasteiger partial charge is 0.346 e.